The molecule has 1 atom stereocenters. The van der Waals surface area contributed by atoms with Crippen LogP contribution in [0, 0.1) is 5.82 Å². The molecule has 0 radical (unpaired) electrons. The Labute approximate surface area is 152 Å². The lowest BCUT2D eigenvalue weighted by molar-refractivity contribution is -0.153. The first-order chi connectivity index (χ1) is 12.5. The summed E-state index contributed by atoms with van der Waals surface area (Å²) in [6.07, 6.45) is -0.401. The molecule has 0 aliphatic rings. The van der Waals surface area contributed by atoms with E-state index in [4.69, 9.17) is 9.47 Å². The summed E-state index contributed by atoms with van der Waals surface area (Å²) < 4.78 is 23.8. The summed E-state index contributed by atoms with van der Waals surface area (Å²) in [5, 5.41) is 2.51. The number of nitrogens with one attached hydrogen (secondary N) is 1. The first kappa shape index (κ1) is 19.4. The van der Waals surface area contributed by atoms with Gasteiger partial charge in [0.05, 0.1) is 6.61 Å². The molecule has 0 aromatic heterocycles. The number of carbonyl (C=O) groups is 2. The third kappa shape index (κ3) is 5.88. The molecule has 2 rings (SSSR count). The molecular formula is C20H22FNO4. The van der Waals surface area contributed by atoms with Crippen molar-refractivity contribution >= 4 is 17.6 Å². The van der Waals surface area contributed by atoms with E-state index in [2.05, 4.69) is 5.32 Å². The lowest BCUT2D eigenvalue weighted by atomic mass is 10.1. The zero-order chi connectivity index (χ0) is 18.9. The molecule has 1 N–H and O–H groups in total. The third-order valence-corrected chi connectivity index (χ3v) is 3.64. The zero-order valence-electron chi connectivity index (χ0n) is 14.8. The summed E-state index contributed by atoms with van der Waals surface area (Å²) >= 11 is 0. The van der Waals surface area contributed by atoms with E-state index in [0.29, 0.717) is 18.7 Å². The Morgan fingerprint density at radius 3 is 2.65 bits per heavy atom. The first-order valence-electron chi connectivity index (χ1n) is 8.46. The fraction of sp³-hybridized carbons (Fsp3) is 0.300. The van der Waals surface area contributed by atoms with Crippen LogP contribution < -0.4 is 10.1 Å². The first-order valence-corrected chi connectivity index (χ1v) is 8.46. The van der Waals surface area contributed by atoms with Gasteiger partial charge in [-0.15, -0.1) is 0 Å². The van der Waals surface area contributed by atoms with Gasteiger partial charge in [0.2, 0.25) is 0 Å². The van der Waals surface area contributed by atoms with Crippen LogP contribution in [0.1, 0.15) is 25.8 Å². The lowest BCUT2D eigenvalue weighted by Crippen LogP contribution is -2.30. The third-order valence-electron chi connectivity index (χ3n) is 3.64. The van der Waals surface area contributed by atoms with Crippen molar-refractivity contribution in [1.82, 2.24) is 0 Å². The Morgan fingerprint density at radius 2 is 1.92 bits per heavy atom. The van der Waals surface area contributed by atoms with E-state index in [-0.39, 0.29) is 6.42 Å². The fourth-order valence-electron chi connectivity index (χ4n) is 2.36. The van der Waals surface area contributed by atoms with Gasteiger partial charge in [0.1, 0.15) is 11.6 Å². The van der Waals surface area contributed by atoms with Gasteiger partial charge in [0.15, 0.2) is 6.10 Å². The van der Waals surface area contributed by atoms with Crippen LogP contribution in [0.3, 0.4) is 0 Å². The number of ether oxygens (including phenoxy) is 2. The summed E-state index contributed by atoms with van der Waals surface area (Å²) in [6, 6.07) is 13.0. The van der Waals surface area contributed by atoms with Crippen molar-refractivity contribution in [2.24, 2.45) is 0 Å². The molecule has 0 aliphatic heterocycles. The molecule has 2 aromatic rings. The van der Waals surface area contributed by atoms with Gasteiger partial charge < -0.3 is 14.8 Å². The smallest absolute Gasteiger partial charge is 0.306 e. The summed E-state index contributed by atoms with van der Waals surface area (Å²) in [4.78, 5) is 24.0. The molecule has 0 bridgehead atoms. The molecule has 0 unspecified atom stereocenters. The summed E-state index contributed by atoms with van der Waals surface area (Å²) in [5.74, 6) is -0.725. The molecule has 2 aromatic carbocycles. The minimum absolute atomic E-state index is 0.127. The number of benzene rings is 2. The van der Waals surface area contributed by atoms with Crippen LogP contribution in [0.4, 0.5) is 10.1 Å². The van der Waals surface area contributed by atoms with Crippen molar-refractivity contribution in [2.75, 3.05) is 11.9 Å². The Hall–Kier alpha value is -2.89. The predicted octanol–water partition coefficient (Wildman–Crippen LogP) is 3.73. The fourth-order valence-corrected chi connectivity index (χ4v) is 2.36. The van der Waals surface area contributed by atoms with Crippen LogP contribution in [-0.2, 0) is 20.7 Å². The van der Waals surface area contributed by atoms with Crippen molar-refractivity contribution in [3.05, 3.63) is 59.9 Å². The molecular weight excluding hydrogens is 337 g/mol. The number of hydrogen-bond donors (Lipinski definition) is 1. The number of esters is 1. The van der Waals surface area contributed by atoms with Gasteiger partial charge >= 0.3 is 5.97 Å². The Morgan fingerprint density at radius 1 is 1.15 bits per heavy atom. The highest BCUT2D eigenvalue weighted by molar-refractivity contribution is 5.95. The molecule has 1 amide bonds. The maximum absolute atomic E-state index is 13.1. The number of para-hydroxylation sites is 1. The van der Waals surface area contributed by atoms with E-state index in [0.717, 1.165) is 11.3 Å². The van der Waals surface area contributed by atoms with Crippen molar-refractivity contribution in [3.63, 3.8) is 0 Å². The maximum Gasteiger partial charge on any atom is 0.306 e. The average Bonchev–Trinajstić information content (AvgIpc) is 2.61. The minimum Gasteiger partial charge on any atom is -0.494 e. The van der Waals surface area contributed by atoms with Crippen LogP contribution in [-0.4, -0.2) is 24.6 Å². The second-order valence-corrected chi connectivity index (χ2v) is 5.67. The van der Waals surface area contributed by atoms with Crippen molar-refractivity contribution in [2.45, 2.75) is 32.8 Å². The minimum atomic E-state index is -0.979. The number of anilines is 1. The molecule has 0 aliphatic carbocycles. The number of rotatable bonds is 8. The van der Waals surface area contributed by atoms with Gasteiger partial charge in [-0.25, -0.2) is 4.39 Å². The van der Waals surface area contributed by atoms with Crippen molar-refractivity contribution in [3.8, 4) is 5.75 Å². The molecule has 0 fully saturated rings. The second-order valence-electron chi connectivity index (χ2n) is 5.67. The topological polar surface area (TPSA) is 64.6 Å². The highest BCUT2D eigenvalue weighted by Gasteiger charge is 2.18. The number of amides is 1. The molecule has 6 heteroatoms. The van der Waals surface area contributed by atoms with Gasteiger partial charge in [0, 0.05) is 12.1 Å². The quantitative estimate of drug-likeness (QED) is 0.730. The Bertz CT molecular complexity index is 763. The van der Waals surface area contributed by atoms with E-state index in [1.54, 1.807) is 6.07 Å². The normalized spacial score (nSPS) is 11.5. The zero-order valence-corrected chi connectivity index (χ0v) is 14.8. The van der Waals surface area contributed by atoms with Crippen LogP contribution >= 0.6 is 0 Å². The van der Waals surface area contributed by atoms with E-state index < -0.39 is 23.8 Å². The average molecular weight is 359 g/mol. The van der Waals surface area contributed by atoms with E-state index in [9.17, 15) is 14.0 Å². The van der Waals surface area contributed by atoms with Crippen LogP contribution in [0.5, 0.6) is 5.75 Å². The van der Waals surface area contributed by atoms with Gasteiger partial charge in [0.25, 0.3) is 5.91 Å². The van der Waals surface area contributed by atoms with Gasteiger partial charge in [-0.2, -0.15) is 0 Å². The molecule has 5 nitrogen and oxygen atoms in total. The monoisotopic (exact) mass is 359 g/mol. The summed E-state index contributed by atoms with van der Waals surface area (Å²) in [7, 11) is 0. The number of halogens is 1. The second kappa shape index (κ2) is 9.56. The largest absolute Gasteiger partial charge is 0.494 e. The van der Waals surface area contributed by atoms with Crippen LogP contribution in [0.2, 0.25) is 0 Å². The number of hydrogen-bond acceptors (Lipinski definition) is 4. The maximum atomic E-state index is 13.1. The highest BCUT2D eigenvalue weighted by Crippen LogP contribution is 2.20. The molecule has 138 valence electrons. The summed E-state index contributed by atoms with van der Waals surface area (Å²) in [6.45, 7) is 3.91. The van der Waals surface area contributed by atoms with Gasteiger partial charge in [-0.05, 0) is 50.1 Å². The summed E-state index contributed by atoms with van der Waals surface area (Å²) in [5.41, 5.74) is 1.21. The van der Waals surface area contributed by atoms with Crippen molar-refractivity contribution < 1.29 is 23.5 Å². The Kier molecular flexibility index (Phi) is 7.14. The SMILES string of the molecule is CCOc1ccccc1CCC(=O)O[C@@H](C)C(=O)Nc1cccc(F)c1. The number of aryl methyl sites for hydroxylation is 1. The van der Waals surface area contributed by atoms with Crippen molar-refractivity contribution in [1.29, 1.82) is 0 Å². The van der Waals surface area contributed by atoms with Gasteiger partial charge in [-0.3, -0.25) is 9.59 Å². The van der Waals surface area contributed by atoms with E-state index in [1.165, 1.54) is 25.1 Å². The predicted molar refractivity (Wildman–Crippen MR) is 96.5 cm³/mol. The highest BCUT2D eigenvalue weighted by atomic mass is 19.1. The number of carbonyl (C=O) groups excluding carboxylic acids is 2. The molecule has 0 saturated heterocycles. The van der Waals surface area contributed by atoms with Gasteiger partial charge in [-0.1, -0.05) is 24.3 Å². The molecule has 26 heavy (non-hydrogen) atoms. The van der Waals surface area contributed by atoms with Crippen LogP contribution in [0.15, 0.2) is 48.5 Å². The Balaban J connectivity index is 1.84. The molecule has 0 spiro atoms. The lowest BCUT2D eigenvalue weighted by Gasteiger charge is -2.14. The molecule has 0 saturated carbocycles. The standard InChI is InChI=1S/C20H22FNO4/c1-3-25-18-10-5-4-7-15(18)11-12-19(23)26-14(2)20(24)22-17-9-6-8-16(21)13-17/h4-10,13-14H,3,11-12H2,1-2H3,(H,22,24)/t14-/m0/s1. The van der Waals surface area contributed by atoms with E-state index >= 15 is 0 Å². The molecule has 0 heterocycles. The van der Waals surface area contributed by atoms with E-state index in [1.807, 2.05) is 31.2 Å². The van der Waals surface area contributed by atoms with Crippen LogP contribution in [0.25, 0.3) is 0 Å².